The molecule has 2 aliphatic rings. The molecule has 4 rings (SSSR count). The highest BCUT2D eigenvalue weighted by Gasteiger charge is 2.43. The number of likely N-dealkylation sites (N-methyl/N-ethyl adjacent to an activating group) is 1. The smallest absolute Gasteiger partial charge is 0.270 e. The number of hydrogen-bond acceptors (Lipinski definition) is 4. The fourth-order valence-corrected chi connectivity index (χ4v) is 4.36. The van der Waals surface area contributed by atoms with E-state index in [1.54, 1.807) is 18.2 Å². The number of nitro benzene ring substituents is 1. The van der Waals surface area contributed by atoms with Crippen molar-refractivity contribution in [3.05, 3.63) is 75.3 Å². The number of carbonyl (C=O) groups is 1. The van der Waals surface area contributed by atoms with E-state index in [0.717, 1.165) is 25.2 Å². The van der Waals surface area contributed by atoms with E-state index in [2.05, 4.69) is 24.9 Å². The summed E-state index contributed by atoms with van der Waals surface area (Å²) >= 11 is 0. The highest BCUT2D eigenvalue weighted by atomic mass is 16.6. The first-order valence-electron chi connectivity index (χ1n) is 9.49. The molecule has 0 bridgehead atoms. The molecule has 2 heterocycles. The van der Waals surface area contributed by atoms with Crippen LogP contribution in [0.25, 0.3) is 6.08 Å². The highest BCUT2D eigenvalue weighted by Crippen LogP contribution is 2.45. The number of aryl methyl sites for hydroxylation is 1. The third kappa shape index (κ3) is 3.31. The number of carbonyl (C=O) groups excluding carboxylic acids is 1. The van der Waals surface area contributed by atoms with Crippen molar-refractivity contribution in [1.82, 2.24) is 4.90 Å². The van der Waals surface area contributed by atoms with E-state index in [0.29, 0.717) is 11.5 Å². The minimum atomic E-state index is -0.429. The fourth-order valence-electron chi connectivity index (χ4n) is 4.36. The Labute approximate surface area is 164 Å². The number of fused-ring (bicyclic) bond motifs is 3. The molecule has 0 saturated carbocycles. The quantitative estimate of drug-likeness (QED) is 0.464. The van der Waals surface area contributed by atoms with Crippen molar-refractivity contribution in [2.24, 2.45) is 0 Å². The Morgan fingerprint density at radius 3 is 2.86 bits per heavy atom. The van der Waals surface area contributed by atoms with Crippen molar-refractivity contribution >= 4 is 23.4 Å². The van der Waals surface area contributed by atoms with Crippen LogP contribution in [0.2, 0.25) is 0 Å². The number of benzene rings is 2. The second-order valence-electron chi connectivity index (χ2n) is 7.68. The standard InChI is InChI=1S/C22H23N3O3/c1-15-6-8-20-18(12-15)19-14-23(2)11-10-21(19)24(20)22(26)9-7-16-4-3-5-17(13-16)25(27)28/h3-9,12-13,19,21H,10-11,14H2,1-2H3. The van der Waals surface area contributed by atoms with E-state index in [1.807, 2.05) is 17.0 Å². The van der Waals surface area contributed by atoms with Crippen LogP contribution in [0.5, 0.6) is 0 Å². The Morgan fingerprint density at radius 1 is 1.25 bits per heavy atom. The van der Waals surface area contributed by atoms with Gasteiger partial charge in [0.2, 0.25) is 0 Å². The average molecular weight is 377 g/mol. The second kappa shape index (κ2) is 7.20. The molecule has 6 nitrogen and oxygen atoms in total. The Morgan fingerprint density at radius 2 is 2.07 bits per heavy atom. The zero-order valence-electron chi connectivity index (χ0n) is 16.0. The molecule has 1 amide bonds. The summed E-state index contributed by atoms with van der Waals surface area (Å²) in [5.74, 6) is 0.248. The molecule has 0 spiro atoms. The van der Waals surface area contributed by atoms with Gasteiger partial charge in [-0.15, -0.1) is 0 Å². The average Bonchev–Trinajstić information content (AvgIpc) is 2.99. The predicted molar refractivity (Wildman–Crippen MR) is 109 cm³/mol. The van der Waals surface area contributed by atoms with Crippen molar-refractivity contribution in [3.63, 3.8) is 0 Å². The summed E-state index contributed by atoms with van der Waals surface area (Å²) < 4.78 is 0. The second-order valence-corrected chi connectivity index (χ2v) is 7.68. The SMILES string of the molecule is Cc1ccc2c(c1)C1CN(C)CCC1N2C(=O)C=Cc1cccc([N+](=O)[O-])c1. The molecule has 28 heavy (non-hydrogen) atoms. The molecule has 0 aliphatic carbocycles. The van der Waals surface area contributed by atoms with Crippen molar-refractivity contribution in [2.75, 3.05) is 25.0 Å². The molecule has 2 atom stereocenters. The van der Waals surface area contributed by atoms with Crippen molar-refractivity contribution in [1.29, 1.82) is 0 Å². The van der Waals surface area contributed by atoms with Crippen LogP contribution in [0.4, 0.5) is 11.4 Å². The molecule has 2 aromatic carbocycles. The number of nitro groups is 1. The topological polar surface area (TPSA) is 66.7 Å². The van der Waals surface area contributed by atoms with Gasteiger partial charge in [-0.1, -0.05) is 29.8 Å². The number of nitrogens with zero attached hydrogens (tertiary/aromatic N) is 3. The van der Waals surface area contributed by atoms with E-state index >= 15 is 0 Å². The zero-order valence-corrected chi connectivity index (χ0v) is 16.0. The van der Waals surface area contributed by atoms with E-state index in [1.165, 1.54) is 29.3 Å². The summed E-state index contributed by atoms with van der Waals surface area (Å²) in [5, 5.41) is 11.0. The minimum absolute atomic E-state index is 0.0203. The largest absolute Gasteiger partial charge is 0.306 e. The number of hydrogen-bond donors (Lipinski definition) is 0. The number of likely N-dealkylation sites (tertiary alicyclic amines) is 1. The van der Waals surface area contributed by atoms with Crippen molar-refractivity contribution < 1.29 is 9.72 Å². The van der Waals surface area contributed by atoms with Gasteiger partial charge in [-0.3, -0.25) is 14.9 Å². The third-order valence-electron chi connectivity index (χ3n) is 5.69. The van der Waals surface area contributed by atoms with Crippen LogP contribution in [-0.4, -0.2) is 41.9 Å². The van der Waals surface area contributed by atoms with Gasteiger partial charge in [-0.2, -0.15) is 0 Å². The summed E-state index contributed by atoms with van der Waals surface area (Å²) in [6.45, 7) is 3.99. The first-order chi connectivity index (χ1) is 13.4. The van der Waals surface area contributed by atoms with E-state index in [-0.39, 0.29) is 17.6 Å². The molecule has 0 radical (unpaired) electrons. The summed E-state index contributed by atoms with van der Waals surface area (Å²) in [6, 6.07) is 12.8. The number of anilines is 1. The molecular formula is C22H23N3O3. The summed E-state index contributed by atoms with van der Waals surface area (Å²) in [4.78, 5) is 27.9. The van der Waals surface area contributed by atoms with Gasteiger partial charge >= 0.3 is 0 Å². The Bertz CT molecular complexity index is 969. The first-order valence-corrected chi connectivity index (χ1v) is 9.49. The van der Waals surface area contributed by atoms with E-state index in [4.69, 9.17) is 0 Å². The first kappa shape index (κ1) is 18.4. The van der Waals surface area contributed by atoms with Crippen LogP contribution >= 0.6 is 0 Å². The molecule has 1 fully saturated rings. The van der Waals surface area contributed by atoms with Gasteiger partial charge in [0.25, 0.3) is 11.6 Å². The summed E-state index contributed by atoms with van der Waals surface area (Å²) in [5.41, 5.74) is 4.10. The predicted octanol–water partition coefficient (Wildman–Crippen LogP) is 3.75. The van der Waals surface area contributed by atoms with Gasteiger partial charge < -0.3 is 9.80 Å². The van der Waals surface area contributed by atoms with Gasteiger partial charge in [0, 0.05) is 42.4 Å². The third-order valence-corrected chi connectivity index (χ3v) is 5.69. The number of amides is 1. The van der Waals surface area contributed by atoms with Crippen molar-refractivity contribution in [2.45, 2.75) is 25.3 Å². The lowest BCUT2D eigenvalue weighted by atomic mass is 9.89. The van der Waals surface area contributed by atoms with Gasteiger partial charge in [0.15, 0.2) is 0 Å². The maximum Gasteiger partial charge on any atom is 0.270 e. The molecule has 6 heteroatoms. The lowest BCUT2D eigenvalue weighted by molar-refractivity contribution is -0.384. The maximum absolute atomic E-state index is 13.1. The van der Waals surface area contributed by atoms with Crippen LogP contribution in [0.15, 0.2) is 48.5 Å². The highest BCUT2D eigenvalue weighted by molar-refractivity contribution is 6.06. The molecule has 2 unspecified atom stereocenters. The molecule has 0 N–H and O–H groups in total. The number of non-ortho nitro benzene ring substituents is 1. The molecule has 1 saturated heterocycles. The molecule has 2 aliphatic heterocycles. The van der Waals surface area contributed by atoms with Gasteiger partial charge in [-0.25, -0.2) is 0 Å². The normalized spacial score (nSPS) is 21.6. The van der Waals surface area contributed by atoms with Crippen LogP contribution in [-0.2, 0) is 4.79 Å². The fraction of sp³-hybridized carbons (Fsp3) is 0.318. The van der Waals surface area contributed by atoms with Gasteiger partial charge in [0.05, 0.1) is 4.92 Å². The Balaban J connectivity index is 1.64. The Kier molecular flexibility index (Phi) is 4.73. The van der Waals surface area contributed by atoms with Gasteiger partial charge in [-0.05, 0) is 50.2 Å². The minimum Gasteiger partial charge on any atom is -0.306 e. The Hall–Kier alpha value is -2.99. The van der Waals surface area contributed by atoms with Crippen LogP contribution in [0, 0.1) is 17.0 Å². The summed E-state index contributed by atoms with van der Waals surface area (Å²) in [6.07, 6.45) is 4.13. The monoisotopic (exact) mass is 377 g/mol. The van der Waals surface area contributed by atoms with Crippen LogP contribution < -0.4 is 4.90 Å². The maximum atomic E-state index is 13.1. The molecule has 144 valence electrons. The summed E-state index contributed by atoms with van der Waals surface area (Å²) in [7, 11) is 2.12. The van der Waals surface area contributed by atoms with E-state index < -0.39 is 4.92 Å². The molecule has 0 aromatic heterocycles. The van der Waals surface area contributed by atoms with Crippen LogP contribution in [0.3, 0.4) is 0 Å². The number of piperidine rings is 1. The molecule has 2 aromatic rings. The van der Waals surface area contributed by atoms with Crippen molar-refractivity contribution in [3.8, 4) is 0 Å². The lowest BCUT2D eigenvalue weighted by Gasteiger charge is -2.36. The van der Waals surface area contributed by atoms with E-state index in [9.17, 15) is 14.9 Å². The lowest BCUT2D eigenvalue weighted by Crippen LogP contribution is -2.46. The molecular weight excluding hydrogens is 354 g/mol. The van der Waals surface area contributed by atoms with Crippen LogP contribution in [0.1, 0.15) is 29.0 Å². The van der Waals surface area contributed by atoms with Gasteiger partial charge in [0.1, 0.15) is 0 Å². The number of rotatable bonds is 3. The zero-order chi connectivity index (χ0) is 19.8.